The van der Waals surface area contributed by atoms with Crippen LogP contribution in [0.2, 0.25) is 0 Å². The Kier molecular flexibility index (Phi) is 8.11. The molecule has 16 heavy (non-hydrogen) atoms. The lowest BCUT2D eigenvalue weighted by Crippen LogP contribution is -2.20. The molecule has 1 rings (SSSR count). The van der Waals surface area contributed by atoms with Crippen LogP contribution < -0.4 is 5.32 Å². The Balaban J connectivity index is 1.88. The molecule has 0 spiro atoms. The lowest BCUT2D eigenvalue weighted by molar-refractivity contribution is 0.199. The highest BCUT2D eigenvalue weighted by molar-refractivity contribution is 9.11. The van der Waals surface area contributed by atoms with Gasteiger partial charge < -0.3 is 10.1 Å². The number of rotatable bonds is 9. The van der Waals surface area contributed by atoms with Crippen LogP contribution in [0, 0.1) is 0 Å². The molecule has 0 bridgehead atoms. The fourth-order valence-corrected chi connectivity index (χ4v) is 3.04. The first-order chi connectivity index (χ1) is 7.83. The first kappa shape index (κ1) is 14.2. The summed E-state index contributed by atoms with van der Waals surface area (Å²) < 4.78 is 6.20. The molecule has 0 atom stereocenters. The molecule has 0 saturated carbocycles. The van der Waals surface area contributed by atoms with Crippen LogP contribution in [-0.4, -0.2) is 26.8 Å². The van der Waals surface area contributed by atoms with Gasteiger partial charge in [-0.25, -0.2) is 0 Å². The lowest BCUT2D eigenvalue weighted by Gasteiger charge is -2.03. The second kappa shape index (κ2) is 9.16. The summed E-state index contributed by atoms with van der Waals surface area (Å²) in [5.41, 5.74) is 0. The molecule has 0 aliphatic rings. The highest BCUT2D eigenvalue weighted by atomic mass is 79.9. The Bertz CT molecular complexity index is 278. The first-order valence-corrected chi connectivity index (χ1v) is 7.37. The molecule has 0 fully saturated rings. The Hall–Kier alpha value is 0.1000. The molecule has 92 valence electrons. The third-order valence-corrected chi connectivity index (χ3v) is 4.07. The van der Waals surface area contributed by atoms with E-state index in [-0.39, 0.29) is 0 Å². The van der Waals surface area contributed by atoms with Crippen molar-refractivity contribution in [3.05, 3.63) is 20.8 Å². The van der Waals surface area contributed by atoms with Gasteiger partial charge in [-0.2, -0.15) is 0 Å². The van der Waals surface area contributed by atoms with Crippen molar-refractivity contribution in [3.63, 3.8) is 0 Å². The highest BCUT2D eigenvalue weighted by Crippen LogP contribution is 2.23. The van der Waals surface area contributed by atoms with Gasteiger partial charge in [-0.3, -0.25) is 0 Å². The maximum absolute atomic E-state index is 4.96. The SMILES string of the molecule is COCCNCCCCCc1ccc(Br)s1. The molecule has 1 heterocycles. The van der Waals surface area contributed by atoms with E-state index in [1.165, 1.54) is 34.3 Å². The zero-order valence-electron chi connectivity index (χ0n) is 9.80. The van der Waals surface area contributed by atoms with Gasteiger partial charge >= 0.3 is 0 Å². The van der Waals surface area contributed by atoms with Crippen LogP contribution in [0.25, 0.3) is 0 Å². The molecule has 4 heteroatoms. The van der Waals surface area contributed by atoms with Gasteiger partial charge in [-0.1, -0.05) is 6.42 Å². The number of hydrogen-bond acceptors (Lipinski definition) is 3. The second-order valence-electron chi connectivity index (χ2n) is 3.76. The van der Waals surface area contributed by atoms with Gasteiger partial charge in [0.05, 0.1) is 10.4 Å². The molecule has 2 nitrogen and oxygen atoms in total. The molecular weight excluding hydrogens is 286 g/mol. The Morgan fingerprint density at radius 3 is 2.81 bits per heavy atom. The van der Waals surface area contributed by atoms with E-state index in [9.17, 15) is 0 Å². The number of aryl methyl sites for hydroxylation is 1. The fourth-order valence-electron chi connectivity index (χ4n) is 1.51. The van der Waals surface area contributed by atoms with Crippen molar-refractivity contribution in [2.45, 2.75) is 25.7 Å². The van der Waals surface area contributed by atoms with Crippen molar-refractivity contribution < 1.29 is 4.74 Å². The van der Waals surface area contributed by atoms with Crippen LogP contribution in [-0.2, 0) is 11.2 Å². The molecule has 1 N–H and O–H groups in total. The predicted molar refractivity (Wildman–Crippen MR) is 74.3 cm³/mol. The van der Waals surface area contributed by atoms with Crippen molar-refractivity contribution in [2.75, 3.05) is 26.8 Å². The third-order valence-electron chi connectivity index (χ3n) is 2.39. The van der Waals surface area contributed by atoms with Crippen LogP contribution >= 0.6 is 27.3 Å². The molecule has 0 saturated heterocycles. The molecule has 1 aromatic rings. The van der Waals surface area contributed by atoms with Gasteiger partial charge in [0, 0.05) is 18.5 Å². The van der Waals surface area contributed by atoms with E-state index >= 15 is 0 Å². The van der Waals surface area contributed by atoms with Crippen LogP contribution in [0.15, 0.2) is 15.9 Å². The molecule has 0 radical (unpaired) electrons. The lowest BCUT2D eigenvalue weighted by atomic mass is 10.2. The van der Waals surface area contributed by atoms with Crippen molar-refractivity contribution in [2.24, 2.45) is 0 Å². The summed E-state index contributed by atoms with van der Waals surface area (Å²) in [6.45, 7) is 2.88. The number of halogens is 1. The minimum Gasteiger partial charge on any atom is -0.383 e. The average Bonchev–Trinajstić information content (AvgIpc) is 2.68. The Labute approximate surface area is 111 Å². The molecule has 0 aromatic carbocycles. The molecule has 0 amide bonds. The number of unbranched alkanes of at least 4 members (excludes halogenated alkanes) is 2. The minimum atomic E-state index is 0.809. The van der Waals surface area contributed by atoms with Gasteiger partial charge in [0.15, 0.2) is 0 Å². The Morgan fingerprint density at radius 2 is 2.12 bits per heavy atom. The third kappa shape index (κ3) is 6.63. The summed E-state index contributed by atoms with van der Waals surface area (Å²) in [6, 6.07) is 4.35. The van der Waals surface area contributed by atoms with Crippen LogP contribution in [0.3, 0.4) is 0 Å². The number of nitrogens with one attached hydrogen (secondary N) is 1. The number of methoxy groups -OCH3 is 1. The zero-order valence-corrected chi connectivity index (χ0v) is 12.2. The van der Waals surface area contributed by atoms with Gasteiger partial charge in [0.1, 0.15) is 0 Å². The first-order valence-electron chi connectivity index (χ1n) is 5.77. The van der Waals surface area contributed by atoms with Crippen LogP contribution in [0.1, 0.15) is 24.1 Å². The maximum atomic E-state index is 4.96. The summed E-state index contributed by atoms with van der Waals surface area (Å²) in [7, 11) is 1.74. The summed E-state index contributed by atoms with van der Waals surface area (Å²) >= 11 is 5.33. The van der Waals surface area contributed by atoms with E-state index in [0.717, 1.165) is 19.7 Å². The normalized spacial score (nSPS) is 10.9. The average molecular weight is 306 g/mol. The summed E-state index contributed by atoms with van der Waals surface area (Å²) in [5, 5.41) is 3.36. The zero-order chi connectivity index (χ0) is 11.6. The number of ether oxygens (including phenoxy) is 1. The predicted octanol–water partition coefficient (Wildman–Crippen LogP) is 3.46. The minimum absolute atomic E-state index is 0.809. The van der Waals surface area contributed by atoms with Crippen molar-refractivity contribution in [1.82, 2.24) is 5.32 Å². The molecule has 0 aliphatic carbocycles. The maximum Gasteiger partial charge on any atom is 0.0701 e. The van der Waals surface area contributed by atoms with Gasteiger partial charge in [0.25, 0.3) is 0 Å². The van der Waals surface area contributed by atoms with E-state index in [4.69, 9.17) is 4.74 Å². The summed E-state index contributed by atoms with van der Waals surface area (Å²) in [6.07, 6.45) is 5.07. The van der Waals surface area contributed by atoms with Crippen molar-refractivity contribution in [1.29, 1.82) is 0 Å². The van der Waals surface area contributed by atoms with Crippen molar-refractivity contribution >= 4 is 27.3 Å². The molecular formula is C12H20BrNOS. The van der Waals surface area contributed by atoms with E-state index in [2.05, 4.69) is 33.4 Å². The highest BCUT2D eigenvalue weighted by Gasteiger charge is 1.97. The van der Waals surface area contributed by atoms with Crippen LogP contribution in [0.4, 0.5) is 0 Å². The molecule has 1 aromatic heterocycles. The summed E-state index contributed by atoms with van der Waals surface area (Å²) in [4.78, 5) is 1.49. The quantitative estimate of drug-likeness (QED) is 0.706. The van der Waals surface area contributed by atoms with Gasteiger partial charge in [-0.15, -0.1) is 11.3 Å². The van der Waals surface area contributed by atoms with Crippen LogP contribution in [0.5, 0.6) is 0 Å². The smallest absolute Gasteiger partial charge is 0.0701 e. The largest absolute Gasteiger partial charge is 0.383 e. The van der Waals surface area contributed by atoms with Gasteiger partial charge in [0.2, 0.25) is 0 Å². The monoisotopic (exact) mass is 305 g/mol. The van der Waals surface area contributed by atoms with E-state index in [0.29, 0.717) is 0 Å². The molecule has 0 unspecified atom stereocenters. The summed E-state index contributed by atoms with van der Waals surface area (Å²) in [5.74, 6) is 0. The number of hydrogen-bond donors (Lipinski definition) is 1. The van der Waals surface area contributed by atoms with Crippen molar-refractivity contribution in [3.8, 4) is 0 Å². The topological polar surface area (TPSA) is 21.3 Å². The number of thiophene rings is 1. The van der Waals surface area contributed by atoms with E-state index in [1.807, 2.05) is 11.3 Å². The van der Waals surface area contributed by atoms with E-state index < -0.39 is 0 Å². The second-order valence-corrected chi connectivity index (χ2v) is 6.31. The Morgan fingerprint density at radius 1 is 1.25 bits per heavy atom. The van der Waals surface area contributed by atoms with Gasteiger partial charge in [-0.05, 0) is 53.9 Å². The van der Waals surface area contributed by atoms with E-state index in [1.54, 1.807) is 7.11 Å². The molecule has 0 aliphatic heterocycles. The fraction of sp³-hybridized carbons (Fsp3) is 0.667. The standard InChI is InChI=1S/C12H20BrNOS/c1-15-10-9-14-8-4-2-3-5-11-6-7-12(13)16-11/h6-7,14H,2-5,8-10H2,1H3.